The zero-order valence-corrected chi connectivity index (χ0v) is 5.24. The molecule has 0 spiro atoms. The Morgan fingerprint density at radius 2 is 2.30 bits per heavy atom. The Labute approximate surface area is 57.6 Å². The van der Waals surface area contributed by atoms with Gasteiger partial charge in [-0.25, -0.2) is 4.94 Å². The Balaban J connectivity index is 3.38. The number of carbonyl (C=O) groups excluding carboxylic acids is 2. The van der Waals surface area contributed by atoms with Crippen LogP contribution in [0.15, 0.2) is 0 Å². The predicted octanol–water partition coefficient (Wildman–Crippen LogP) is -2.31. The fourth-order valence-corrected chi connectivity index (χ4v) is 0.372. The smallest absolute Gasteiger partial charge is 0.207 e. The van der Waals surface area contributed by atoms with E-state index in [0.717, 1.165) is 0 Å². The fourth-order valence-electron chi connectivity index (χ4n) is 0.372. The second-order valence-electron chi connectivity index (χ2n) is 1.49. The van der Waals surface area contributed by atoms with Crippen LogP contribution in [0.3, 0.4) is 0 Å². The summed E-state index contributed by atoms with van der Waals surface area (Å²) in [7, 11) is 0. The van der Waals surface area contributed by atoms with Gasteiger partial charge in [-0.05, 0) is 0 Å². The normalized spacial score (nSPS) is 12.1. The molecule has 0 aliphatic heterocycles. The lowest BCUT2D eigenvalue weighted by molar-refractivity contribution is -0.115. The molecule has 1 amide bonds. The van der Waals surface area contributed by atoms with Crippen molar-refractivity contribution in [2.75, 3.05) is 6.54 Å². The lowest BCUT2D eigenvalue weighted by Gasteiger charge is -2.06. The molecule has 0 aromatic rings. The lowest BCUT2D eigenvalue weighted by atomic mass is 10.3. The van der Waals surface area contributed by atoms with E-state index in [1.807, 2.05) is 0 Å². The second-order valence-corrected chi connectivity index (χ2v) is 1.49. The maximum Gasteiger partial charge on any atom is 0.207 e. The van der Waals surface area contributed by atoms with Crippen molar-refractivity contribution in [1.29, 1.82) is 0 Å². The van der Waals surface area contributed by atoms with Crippen molar-refractivity contribution >= 4 is 12.7 Å². The van der Waals surface area contributed by atoms with E-state index in [2.05, 4.69) is 21.6 Å². The minimum Gasteiger partial charge on any atom is -0.348 e. The summed E-state index contributed by atoms with van der Waals surface area (Å²) in [5.41, 5.74) is 2.21. The number of hydroxylamine groups is 1. The predicted molar refractivity (Wildman–Crippen MR) is 32.3 cm³/mol. The minimum absolute atomic E-state index is 0.152. The Morgan fingerprint density at radius 1 is 1.60 bits per heavy atom. The molecule has 0 saturated carbocycles. The topological polar surface area (TPSA) is 93.4 Å². The van der Waals surface area contributed by atoms with Crippen LogP contribution in [0.5, 0.6) is 0 Å². The average molecular weight is 147 g/mol. The molecular weight excluding hydrogens is 138 g/mol. The fraction of sp³-hybridized carbons (Fsp3) is 0.500. The first kappa shape index (κ1) is 9.02. The molecular formula is C4H9N3O3. The van der Waals surface area contributed by atoms with E-state index in [4.69, 9.17) is 0 Å². The molecule has 6 nitrogen and oxygen atoms in total. The summed E-state index contributed by atoms with van der Waals surface area (Å²) in [5, 5.41) is 2.22. The zero-order valence-electron chi connectivity index (χ0n) is 5.24. The maximum absolute atomic E-state index is 10.0. The number of nitrogens with two attached hydrogens (primary N) is 1. The number of carbonyl (C=O) groups is 2. The van der Waals surface area contributed by atoms with E-state index in [-0.39, 0.29) is 6.54 Å². The molecule has 1 atom stereocenters. The van der Waals surface area contributed by atoms with Gasteiger partial charge in [0.1, 0.15) is 6.29 Å². The third kappa shape index (κ3) is 3.96. The molecule has 58 valence electrons. The molecule has 0 bridgehead atoms. The molecule has 0 rings (SSSR count). The summed E-state index contributed by atoms with van der Waals surface area (Å²) >= 11 is 0. The SMILES string of the molecule is NONC[C@@H](C=O)NC=O. The number of amides is 1. The summed E-state index contributed by atoms with van der Waals surface area (Å²) in [6.07, 6.45) is 0.998. The van der Waals surface area contributed by atoms with E-state index in [1.165, 1.54) is 0 Å². The third-order valence-electron chi connectivity index (χ3n) is 0.833. The quantitative estimate of drug-likeness (QED) is 0.290. The van der Waals surface area contributed by atoms with Gasteiger partial charge in [0, 0.05) is 0 Å². The molecule has 0 unspecified atom stereocenters. The Hall–Kier alpha value is -0.980. The van der Waals surface area contributed by atoms with Gasteiger partial charge >= 0.3 is 0 Å². The molecule has 4 N–H and O–H groups in total. The van der Waals surface area contributed by atoms with E-state index in [9.17, 15) is 9.59 Å². The first-order valence-electron chi connectivity index (χ1n) is 2.58. The monoisotopic (exact) mass is 147 g/mol. The first-order chi connectivity index (χ1) is 4.85. The summed E-state index contributed by atoms with van der Waals surface area (Å²) < 4.78 is 0. The molecule has 0 heterocycles. The number of hydrogen-bond donors (Lipinski definition) is 3. The number of nitrogens with one attached hydrogen (secondary N) is 2. The van der Waals surface area contributed by atoms with E-state index in [1.54, 1.807) is 0 Å². The third-order valence-corrected chi connectivity index (χ3v) is 0.833. The number of rotatable bonds is 6. The molecule has 0 aliphatic carbocycles. The summed E-state index contributed by atoms with van der Waals surface area (Å²) in [4.78, 5) is 23.8. The van der Waals surface area contributed by atoms with Crippen LogP contribution in [0.1, 0.15) is 0 Å². The van der Waals surface area contributed by atoms with Gasteiger partial charge in [0.05, 0.1) is 12.6 Å². The van der Waals surface area contributed by atoms with Gasteiger partial charge in [-0.2, -0.15) is 11.4 Å². The van der Waals surface area contributed by atoms with Gasteiger partial charge in [-0.3, -0.25) is 4.79 Å². The van der Waals surface area contributed by atoms with Crippen LogP contribution in [0.2, 0.25) is 0 Å². The molecule has 10 heavy (non-hydrogen) atoms. The van der Waals surface area contributed by atoms with E-state index >= 15 is 0 Å². The highest BCUT2D eigenvalue weighted by atomic mass is 16.8. The molecule has 0 aromatic carbocycles. The molecule has 0 saturated heterocycles. The summed E-state index contributed by atoms with van der Waals surface area (Å²) in [6, 6.07) is -0.596. The van der Waals surface area contributed by atoms with Crippen molar-refractivity contribution in [3.05, 3.63) is 0 Å². The van der Waals surface area contributed by atoms with Crippen molar-refractivity contribution in [3.63, 3.8) is 0 Å². The van der Waals surface area contributed by atoms with Crippen LogP contribution < -0.4 is 16.7 Å². The van der Waals surface area contributed by atoms with Crippen LogP contribution in [-0.2, 0) is 14.5 Å². The van der Waals surface area contributed by atoms with E-state index in [0.29, 0.717) is 12.7 Å². The van der Waals surface area contributed by atoms with Gasteiger partial charge in [0.15, 0.2) is 0 Å². The van der Waals surface area contributed by atoms with Crippen LogP contribution in [0.4, 0.5) is 0 Å². The van der Waals surface area contributed by atoms with Gasteiger partial charge in [-0.1, -0.05) is 0 Å². The van der Waals surface area contributed by atoms with Gasteiger partial charge in [-0.15, -0.1) is 0 Å². The van der Waals surface area contributed by atoms with Gasteiger partial charge in [0.2, 0.25) is 6.41 Å². The lowest BCUT2D eigenvalue weighted by Crippen LogP contribution is -2.39. The average Bonchev–Trinajstić information content (AvgIpc) is 1.98. The first-order valence-corrected chi connectivity index (χ1v) is 2.58. The van der Waals surface area contributed by atoms with Crippen molar-refractivity contribution in [1.82, 2.24) is 10.8 Å². The number of aldehydes is 1. The zero-order chi connectivity index (χ0) is 7.82. The summed E-state index contributed by atoms with van der Waals surface area (Å²) in [6.45, 7) is 0.152. The number of hydrogen-bond acceptors (Lipinski definition) is 5. The van der Waals surface area contributed by atoms with Crippen molar-refractivity contribution in [3.8, 4) is 0 Å². The van der Waals surface area contributed by atoms with Crippen LogP contribution >= 0.6 is 0 Å². The highest BCUT2D eigenvalue weighted by Gasteiger charge is 2.02. The standard InChI is InChI=1S/C4H9N3O3/c5-10-7-1-4(2-8)6-3-9/h2-4,7H,1,5H2,(H,6,9)/t4-/m0/s1. The Kier molecular flexibility index (Phi) is 5.54. The van der Waals surface area contributed by atoms with Crippen molar-refractivity contribution in [2.24, 2.45) is 5.90 Å². The van der Waals surface area contributed by atoms with Crippen LogP contribution in [0.25, 0.3) is 0 Å². The largest absolute Gasteiger partial charge is 0.348 e. The molecule has 0 radical (unpaired) electrons. The second kappa shape index (κ2) is 6.14. The Morgan fingerprint density at radius 3 is 2.70 bits per heavy atom. The molecule has 0 aliphatic rings. The van der Waals surface area contributed by atoms with Crippen molar-refractivity contribution in [2.45, 2.75) is 6.04 Å². The molecule has 0 fully saturated rings. The van der Waals surface area contributed by atoms with Gasteiger partial charge < -0.3 is 10.1 Å². The van der Waals surface area contributed by atoms with Crippen LogP contribution in [0, 0.1) is 0 Å². The maximum atomic E-state index is 10.0. The molecule has 6 heteroatoms. The minimum atomic E-state index is -0.596. The van der Waals surface area contributed by atoms with E-state index < -0.39 is 6.04 Å². The van der Waals surface area contributed by atoms with Gasteiger partial charge in [0.25, 0.3) is 0 Å². The molecule has 0 aromatic heterocycles. The van der Waals surface area contributed by atoms with Crippen molar-refractivity contribution < 1.29 is 14.5 Å². The highest BCUT2D eigenvalue weighted by Crippen LogP contribution is 1.70. The Bertz CT molecular complexity index is 108. The van der Waals surface area contributed by atoms with Crippen LogP contribution in [-0.4, -0.2) is 25.3 Å². The summed E-state index contributed by atoms with van der Waals surface area (Å²) in [5.74, 6) is 4.58. The highest BCUT2D eigenvalue weighted by molar-refractivity contribution is 5.63.